The molecule has 1 aromatic rings. The van der Waals surface area contributed by atoms with Crippen LogP contribution < -0.4 is 0 Å². The summed E-state index contributed by atoms with van der Waals surface area (Å²) in [7, 11) is 0. The van der Waals surface area contributed by atoms with E-state index in [1.165, 1.54) is 48.8 Å². The van der Waals surface area contributed by atoms with Gasteiger partial charge in [-0.15, -0.1) is 0 Å². The first kappa shape index (κ1) is 18.2. The molecule has 5 rings (SSSR count). The van der Waals surface area contributed by atoms with Gasteiger partial charge in [-0.3, -0.25) is 4.79 Å². The topological polar surface area (TPSA) is 17.1 Å². The van der Waals surface area contributed by atoms with E-state index >= 15 is 0 Å². The van der Waals surface area contributed by atoms with E-state index in [4.69, 9.17) is 0 Å². The van der Waals surface area contributed by atoms with Crippen LogP contribution in [0.25, 0.3) is 0 Å². The highest BCUT2D eigenvalue weighted by atomic mass is 16.1. The number of fused-ring (bicyclic) bond motifs is 5. The molecular formula is C27H32O. The van der Waals surface area contributed by atoms with Gasteiger partial charge >= 0.3 is 0 Å². The van der Waals surface area contributed by atoms with E-state index in [2.05, 4.69) is 50.0 Å². The van der Waals surface area contributed by atoms with Crippen LogP contribution in [-0.2, 0) is 4.79 Å². The maximum atomic E-state index is 12.0. The van der Waals surface area contributed by atoms with E-state index in [0.29, 0.717) is 29.0 Å². The first-order valence-corrected chi connectivity index (χ1v) is 11.4. The van der Waals surface area contributed by atoms with E-state index in [0.717, 1.165) is 31.1 Å². The fourth-order valence-electron chi connectivity index (χ4n) is 7.35. The zero-order chi connectivity index (χ0) is 19.3. The van der Waals surface area contributed by atoms with Crippen molar-refractivity contribution < 1.29 is 4.79 Å². The highest BCUT2D eigenvalue weighted by molar-refractivity contribution is 5.91. The van der Waals surface area contributed by atoms with Crippen LogP contribution in [0.4, 0.5) is 0 Å². The van der Waals surface area contributed by atoms with Gasteiger partial charge in [-0.05, 0) is 92.2 Å². The van der Waals surface area contributed by atoms with Crippen molar-refractivity contribution in [1.82, 2.24) is 0 Å². The average molecular weight is 373 g/mol. The Balaban J connectivity index is 1.53. The van der Waals surface area contributed by atoms with Crippen molar-refractivity contribution in [3.8, 4) is 11.8 Å². The SMILES string of the molecule is Cc1ccccc1C#C[C@H]1C[C@]2(C)CCC[C@H]2[C@@H]2CCC3=CC(=O)CC[C@@H]3[C@H]21. The molecule has 4 aliphatic carbocycles. The van der Waals surface area contributed by atoms with Crippen LogP contribution in [0, 0.1) is 53.8 Å². The quantitative estimate of drug-likeness (QED) is 0.503. The van der Waals surface area contributed by atoms with Gasteiger partial charge in [0.15, 0.2) is 5.78 Å². The van der Waals surface area contributed by atoms with Crippen LogP contribution in [0.5, 0.6) is 0 Å². The lowest BCUT2D eigenvalue weighted by molar-refractivity contribution is -0.116. The van der Waals surface area contributed by atoms with Crippen molar-refractivity contribution in [1.29, 1.82) is 0 Å². The lowest BCUT2D eigenvalue weighted by Crippen LogP contribution is -2.48. The second kappa shape index (κ2) is 6.91. The van der Waals surface area contributed by atoms with Gasteiger partial charge in [0.1, 0.15) is 0 Å². The van der Waals surface area contributed by atoms with Gasteiger partial charge in [0.05, 0.1) is 0 Å². The Labute approximate surface area is 170 Å². The van der Waals surface area contributed by atoms with Crippen molar-refractivity contribution >= 4 is 5.78 Å². The van der Waals surface area contributed by atoms with Crippen molar-refractivity contribution in [2.45, 2.75) is 65.2 Å². The lowest BCUT2D eigenvalue weighted by Gasteiger charge is -2.55. The summed E-state index contributed by atoms with van der Waals surface area (Å²) in [6.45, 7) is 4.72. The molecule has 4 aliphatic rings. The Hall–Kier alpha value is -1.81. The highest BCUT2D eigenvalue weighted by Gasteiger charge is 2.55. The summed E-state index contributed by atoms with van der Waals surface area (Å²) in [5, 5.41) is 0. The summed E-state index contributed by atoms with van der Waals surface area (Å²) in [5.74, 6) is 11.2. The summed E-state index contributed by atoms with van der Waals surface area (Å²) in [6.07, 6.45) is 11.7. The van der Waals surface area contributed by atoms with E-state index in [1.54, 1.807) is 0 Å². The zero-order valence-corrected chi connectivity index (χ0v) is 17.3. The van der Waals surface area contributed by atoms with Crippen LogP contribution in [0.2, 0.25) is 0 Å². The fourth-order valence-corrected chi connectivity index (χ4v) is 7.35. The van der Waals surface area contributed by atoms with Gasteiger partial charge in [0.2, 0.25) is 0 Å². The zero-order valence-electron chi connectivity index (χ0n) is 17.3. The molecule has 0 aromatic heterocycles. The molecule has 1 aromatic carbocycles. The van der Waals surface area contributed by atoms with Crippen LogP contribution in [0.3, 0.4) is 0 Å². The third-order valence-electron chi connectivity index (χ3n) is 8.61. The molecule has 0 bridgehead atoms. The Kier molecular flexibility index (Phi) is 4.50. The monoisotopic (exact) mass is 372 g/mol. The largest absolute Gasteiger partial charge is 0.295 e. The maximum Gasteiger partial charge on any atom is 0.155 e. The summed E-state index contributed by atoms with van der Waals surface area (Å²) in [5.41, 5.74) is 4.41. The molecule has 1 heteroatoms. The number of rotatable bonds is 0. The molecule has 0 radical (unpaired) electrons. The molecule has 0 heterocycles. The highest BCUT2D eigenvalue weighted by Crippen LogP contribution is 2.63. The second-order valence-electron chi connectivity index (χ2n) is 10.2. The van der Waals surface area contributed by atoms with Crippen LogP contribution in [0.15, 0.2) is 35.9 Å². The van der Waals surface area contributed by atoms with E-state index in [9.17, 15) is 4.79 Å². The summed E-state index contributed by atoms with van der Waals surface area (Å²) in [4.78, 5) is 12.0. The number of carbonyl (C=O) groups excluding carboxylic acids is 1. The van der Waals surface area contributed by atoms with Crippen molar-refractivity contribution in [2.24, 2.45) is 35.0 Å². The van der Waals surface area contributed by atoms with Crippen LogP contribution >= 0.6 is 0 Å². The van der Waals surface area contributed by atoms with Crippen molar-refractivity contribution in [3.63, 3.8) is 0 Å². The van der Waals surface area contributed by atoms with Crippen molar-refractivity contribution in [2.75, 3.05) is 0 Å². The molecule has 0 saturated heterocycles. The Morgan fingerprint density at radius 1 is 1.11 bits per heavy atom. The summed E-state index contributed by atoms with van der Waals surface area (Å²) in [6, 6.07) is 8.52. The Morgan fingerprint density at radius 3 is 2.82 bits per heavy atom. The third kappa shape index (κ3) is 2.97. The number of carbonyl (C=O) groups is 1. The smallest absolute Gasteiger partial charge is 0.155 e. The molecule has 0 spiro atoms. The molecule has 3 fully saturated rings. The van der Waals surface area contributed by atoms with Gasteiger partial charge in [-0.25, -0.2) is 0 Å². The molecule has 0 aliphatic heterocycles. The fraction of sp³-hybridized carbons (Fsp3) is 0.593. The van der Waals surface area contributed by atoms with Gasteiger partial charge in [-0.1, -0.05) is 49.0 Å². The molecule has 6 atom stereocenters. The standard InChI is InChI=1S/C27H32O/c1-18-6-3-4-7-19(18)9-10-21-17-27(2)15-5-8-25(27)24-13-11-20-16-22(28)12-14-23(20)26(21)24/h3-4,6-7,16,21,23-26H,5,8,11-15,17H2,1-2H3/t21-,23-,24-,25-,26+,27-/m0/s1. The maximum absolute atomic E-state index is 12.0. The molecule has 3 saturated carbocycles. The number of aryl methyl sites for hydroxylation is 1. The minimum absolute atomic E-state index is 0.355. The molecule has 1 nitrogen and oxygen atoms in total. The van der Waals surface area contributed by atoms with Crippen LogP contribution in [0.1, 0.15) is 69.4 Å². The second-order valence-corrected chi connectivity index (χ2v) is 10.2. The van der Waals surface area contributed by atoms with Gasteiger partial charge in [0, 0.05) is 17.9 Å². The minimum atomic E-state index is 0.355. The number of hydrogen-bond donors (Lipinski definition) is 0. The molecular weight excluding hydrogens is 340 g/mol. The number of allylic oxidation sites excluding steroid dienone is 1. The predicted molar refractivity (Wildman–Crippen MR) is 114 cm³/mol. The van der Waals surface area contributed by atoms with E-state index in [1.807, 2.05) is 6.08 Å². The molecule has 0 N–H and O–H groups in total. The molecule has 28 heavy (non-hydrogen) atoms. The third-order valence-corrected chi connectivity index (χ3v) is 8.61. The number of ketones is 1. The molecule has 0 amide bonds. The normalized spacial score (nSPS) is 39.1. The average Bonchev–Trinajstić information content (AvgIpc) is 3.08. The van der Waals surface area contributed by atoms with Gasteiger partial charge < -0.3 is 0 Å². The van der Waals surface area contributed by atoms with Crippen LogP contribution in [-0.4, -0.2) is 5.78 Å². The van der Waals surface area contributed by atoms with Gasteiger partial charge in [0.25, 0.3) is 0 Å². The first-order valence-electron chi connectivity index (χ1n) is 11.4. The molecule has 0 unspecified atom stereocenters. The lowest BCUT2D eigenvalue weighted by atomic mass is 9.49. The summed E-state index contributed by atoms with van der Waals surface area (Å²) >= 11 is 0. The number of hydrogen-bond acceptors (Lipinski definition) is 1. The van der Waals surface area contributed by atoms with E-state index in [-0.39, 0.29) is 0 Å². The van der Waals surface area contributed by atoms with E-state index < -0.39 is 0 Å². The first-order chi connectivity index (χ1) is 13.5. The predicted octanol–water partition coefficient (Wildman–Crippen LogP) is 6.10. The van der Waals surface area contributed by atoms with Gasteiger partial charge in [-0.2, -0.15) is 0 Å². The Bertz CT molecular complexity index is 881. The van der Waals surface area contributed by atoms with Crippen molar-refractivity contribution in [3.05, 3.63) is 47.0 Å². The molecule has 146 valence electrons. The Morgan fingerprint density at radius 2 is 1.96 bits per heavy atom. The summed E-state index contributed by atoms with van der Waals surface area (Å²) < 4.78 is 0. The minimum Gasteiger partial charge on any atom is -0.295 e. The number of benzene rings is 1.